The molecule has 3 aliphatic rings. The van der Waals surface area contributed by atoms with Crippen LogP contribution in [0.15, 0.2) is 48.5 Å². The molecular formula is C29H37NO5. The van der Waals surface area contributed by atoms with Gasteiger partial charge in [0.25, 0.3) is 5.91 Å². The normalized spacial score (nSPS) is 29.5. The predicted molar refractivity (Wildman–Crippen MR) is 133 cm³/mol. The highest BCUT2D eigenvalue weighted by Gasteiger charge is 2.58. The molecule has 6 heteroatoms. The van der Waals surface area contributed by atoms with Crippen molar-refractivity contribution in [1.82, 2.24) is 5.32 Å². The molecule has 0 radical (unpaired) electrons. The number of carbonyl (C=O) groups excluding carboxylic acids is 1. The lowest BCUT2D eigenvalue weighted by atomic mass is 9.78. The topological polar surface area (TPSA) is 66.0 Å². The molecule has 2 saturated carbocycles. The number of hydrogen-bond donors (Lipinski definition) is 1. The molecule has 0 spiro atoms. The van der Waals surface area contributed by atoms with E-state index in [0.29, 0.717) is 26.1 Å². The van der Waals surface area contributed by atoms with Crippen LogP contribution >= 0.6 is 0 Å². The molecule has 0 unspecified atom stereocenters. The first-order valence-electron chi connectivity index (χ1n) is 12.7. The van der Waals surface area contributed by atoms with Crippen molar-refractivity contribution in [1.29, 1.82) is 0 Å². The van der Waals surface area contributed by atoms with Crippen molar-refractivity contribution in [3.8, 4) is 0 Å². The molecule has 1 N–H and O–H groups in total. The Labute approximate surface area is 208 Å². The molecule has 2 aromatic carbocycles. The average Bonchev–Trinajstić information content (AvgIpc) is 3.57. The van der Waals surface area contributed by atoms with E-state index in [0.717, 1.165) is 24.0 Å². The SMILES string of the molecule is Cc1ccc(CO[C@@H]2C[C@](OCc3cccc(C)c3)(C(=O)NC3CC3)C[C@H]3OC(C)(C)O[C@@H]23)cc1. The van der Waals surface area contributed by atoms with Crippen LogP contribution < -0.4 is 5.32 Å². The smallest absolute Gasteiger partial charge is 0.252 e. The number of amides is 1. The molecule has 35 heavy (non-hydrogen) atoms. The maximum absolute atomic E-state index is 13.7. The first kappa shape index (κ1) is 24.4. The Morgan fingerprint density at radius 2 is 1.74 bits per heavy atom. The van der Waals surface area contributed by atoms with Crippen molar-refractivity contribution < 1.29 is 23.7 Å². The van der Waals surface area contributed by atoms with E-state index in [1.807, 2.05) is 26.0 Å². The van der Waals surface area contributed by atoms with Gasteiger partial charge in [0.2, 0.25) is 0 Å². The fourth-order valence-corrected chi connectivity index (χ4v) is 5.16. The molecule has 3 fully saturated rings. The van der Waals surface area contributed by atoms with E-state index in [2.05, 4.69) is 55.6 Å². The second-order valence-corrected chi connectivity index (χ2v) is 10.9. The van der Waals surface area contributed by atoms with Gasteiger partial charge < -0.3 is 24.3 Å². The molecule has 6 nitrogen and oxygen atoms in total. The van der Waals surface area contributed by atoms with Gasteiger partial charge in [-0.15, -0.1) is 0 Å². The van der Waals surface area contributed by atoms with Gasteiger partial charge in [0.05, 0.1) is 25.4 Å². The Balaban J connectivity index is 1.40. The zero-order valence-corrected chi connectivity index (χ0v) is 21.2. The van der Waals surface area contributed by atoms with Crippen LogP contribution in [-0.2, 0) is 37.0 Å². The standard InChI is InChI=1S/C29H37NO5/c1-19-8-10-21(11-9-19)17-32-24-15-29(27(31)30-23-12-13-23,16-25-26(24)35-28(3,4)34-25)33-18-22-7-5-6-20(2)14-22/h5-11,14,23-26H,12-13,15-18H2,1-4H3,(H,30,31)/t24-,25-,26+,29-/m1/s1. The lowest BCUT2D eigenvalue weighted by molar-refractivity contribution is -0.183. The highest BCUT2D eigenvalue weighted by molar-refractivity contribution is 5.86. The van der Waals surface area contributed by atoms with Crippen LogP contribution in [0, 0.1) is 13.8 Å². The van der Waals surface area contributed by atoms with Gasteiger partial charge in [-0.05, 0) is 51.7 Å². The summed E-state index contributed by atoms with van der Waals surface area (Å²) in [7, 11) is 0. The predicted octanol–water partition coefficient (Wildman–Crippen LogP) is 4.74. The number of nitrogens with one attached hydrogen (secondary N) is 1. The second-order valence-electron chi connectivity index (χ2n) is 10.9. The van der Waals surface area contributed by atoms with Crippen molar-refractivity contribution >= 4 is 5.91 Å². The Kier molecular flexibility index (Phi) is 6.75. The Morgan fingerprint density at radius 3 is 2.46 bits per heavy atom. The summed E-state index contributed by atoms with van der Waals surface area (Å²) in [4.78, 5) is 13.7. The molecule has 188 valence electrons. The van der Waals surface area contributed by atoms with Crippen LogP contribution in [-0.4, -0.2) is 41.6 Å². The fraction of sp³-hybridized carbons (Fsp3) is 0.552. The summed E-state index contributed by atoms with van der Waals surface area (Å²) in [5, 5.41) is 3.20. The summed E-state index contributed by atoms with van der Waals surface area (Å²) < 4.78 is 25.6. The van der Waals surface area contributed by atoms with Crippen molar-refractivity contribution in [3.05, 3.63) is 70.8 Å². The molecule has 0 aromatic heterocycles. The number of carbonyl (C=O) groups is 1. The number of hydrogen-bond acceptors (Lipinski definition) is 5. The van der Waals surface area contributed by atoms with E-state index in [1.165, 1.54) is 11.1 Å². The second kappa shape index (κ2) is 9.66. The van der Waals surface area contributed by atoms with Crippen LogP contribution in [0.4, 0.5) is 0 Å². The average molecular weight is 480 g/mol. The summed E-state index contributed by atoms with van der Waals surface area (Å²) in [6, 6.07) is 16.8. The van der Waals surface area contributed by atoms with Crippen LogP contribution in [0.3, 0.4) is 0 Å². The molecular weight excluding hydrogens is 442 g/mol. The molecule has 2 aliphatic carbocycles. The molecule has 5 rings (SSSR count). The van der Waals surface area contributed by atoms with Gasteiger partial charge in [-0.3, -0.25) is 4.79 Å². The molecule has 1 heterocycles. The third kappa shape index (κ3) is 5.78. The van der Waals surface area contributed by atoms with E-state index >= 15 is 0 Å². The minimum absolute atomic E-state index is 0.0663. The summed E-state index contributed by atoms with van der Waals surface area (Å²) in [5.74, 6) is -0.802. The van der Waals surface area contributed by atoms with Gasteiger partial charge in [-0.1, -0.05) is 59.7 Å². The summed E-state index contributed by atoms with van der Waals surface area (Å²) in [6.07, 6.45) is 2.03. The number of benzene rings is 2. The van der Waals surface area contributed by atoms with E-state index in [4.69, 9.17) is 18.9 Å². The minimum atomic E-state index is -1.05. The first-order valence-corrected chi connectivity index (χ1v) is 12.7. The van der Waals surface area contributed by atoms with E-state index < -0.39 is 11.4 Å². The number of rotatable bonds is 8. The highest BCUT2D eigenvalue weighted by atomic mass is 16.8. The van der Waals surface area contributed by atoms with Gasteiger partial charge in [0, 0.05) is 18.9 Å². The van der Waals surface area contributed by atoms with Gasteiger partial charge >= 0.3 is 0 Å². The molecule has 0 bridgehead atoms. The van der Waals surface area contributed by atoms with Gasteiger partial charge in [0.15, 0.2) is 11.4 Å². The third-order valence-corrected chi connectivity index (χ3v) is 7.16. The zero-order valence-electron chi connectivity index (χ0n) is 21.2. The third-order valence-electron chi connectivity index (χ3n) is 7.16. The summed E-state index contributed by atoms with van der Waals surface area (Å²) in [6.45, 7) is 8.76. The van der Waals surface area contributed by atoms with Crippen molar-refractivity contribution in [3.63, 3.8) is 0 Å². The van der Waals surface area contributed by atoms with Crippen LogP contribution in [0.1, 0.15) is 61.8 Å². The monoisotopic (exact) mass is 479 g/mol. The van der Waals surface area contributed by atoms with E-state index in [-0.39, 0.29) is 30.3 Å². The Morgan fingerprint density at radius 1 is 0.971 bits per heavy atom. The molecule has 1 amide bonds. The van der Waals surface area contributed by atoms with Crippen LogP contribution in [0.2, 0.25) is 0 Å². The molecule has 4 atom stereocenters. The van der Waals surface area contributed by atoms with Gasteiger partial charge in [-0.25, -0.2) is 0 Å². The zero-order chi connectivity index (χ0) is 24.6. The highest BCUT2D eigenvalue weighted by Crippen LogP contribution is 2.44. The van der Waals surface area contributed by atoms with Crippen LogP contribution in [0.25, 0.3) is 0 Å². The van der Waals surface area contributed by atoms with Crippen molar-refractivity contribution in [2.24, 2.45) is 0 Å². The summed E-state index contributed by atoms with van der Waals surface area (Å²) in [5.41, 5.74) is 3.47. The minimum Gasteiger partial charge on any atom is -0.371 e. The van der Waals surface area contributed by atoms with E-state index in [9.17, 15) is 4.79 Å². The van der Waals surface area contributed by atoms with Crippen LogP contribution in [0.5, 0.6) is 0 Å². The maximum atomic E-state index is 13.7. The Bertz CT molecular complexity index is 1050. The van der Waals surface area contributed by atoms with Crippen molar-refractivity contribution in [2.75, 3.05) is 0 Å². The fourth-order valence-electron chi connectivity index (χ4n) is 5.16. The largest absolute Gasteiger partial charge is 0.371 e. The Hall–Kier alpha value is -2.25. The lowest BCUT2D eigenvalue weighted by Gasteiger charge is -2.43. The number of aryl methyl sites for hydroxylation is 2. The number of ether oxygens (including phenoxy) is 4. The molecule has 1 saturated heterocycles. The van der Waals surface area contributed by atoms with Crippen molar-refractivity contribution in [2.45, 2.75) is 102 Å². The molecule has 2 aromatic rings. The molecule has 1 aliphatic heterocycles. The first-order chi connectivity index (χ1) is 16.7. The lowest BCUT2D eigenvalue weighted by Crippen LogP contribution is -2.60. The quantitative estimate of drug-likeness (QED) is 0.593. The van der Waals surface area contributed by atoms with E-state index in [1.54, 1.807) is 0 Å². The van der Waals surface area contributed by atoms with Gasteiger partial charge in [-0.2, -0.15) is 0 Å². The van der Waals surface area contributed by atoms with Gasteiger partial charge in [0.1, 0.15) is 6.10 Å². The maximum Gasteiger partial charge on any atom is 0.252 e. The number of fused-ring (bicyclic) bond motifs is 1. The summed E-state index contributed by atoms with van der Waals surface area (Å²) >= 11 is 0.